The molecule has 96 valence electrons. The van der Waals surface area contributed by atoms with Crippen molar-refractivity contribution in [2.75, 3.05) is 6.54 Å². The van der Waals surface area contributed by atoms with Gasteiger partial charge in [0.15, 0.2) is 0 Å². The van der Waals surface area contributed by atoms with Gasteiger partial charge in [0, 0.05) is 17.1 Å². The zero-order valence-corrected chi connectivity index (χ0v) is 12.6. The summed E-state index contributed by atoms with van der Waals surface area (Å²) in [5, 5.41) is 3.59. The summed E-state index contributed by atoms with van der Waals surface area (Å²) in [6.07, 6.45) is 10.7. The molecule has 0 rings (SSSR count). The van der Waals surface area contributed by atoms with Gasteiger partial charge in [0.1, 0.15) is 0 Å². The van der Waals surface area contributed by atoms with Gasteiger partial charge in [0.05, 0.1) is 0 Å². The largest absolute Gasteiger partial charge is 0.309 e. The van der Waals surface area contributed by atoms with Crippen molar-refractivity contribution in [1.29, 1.82) is 0 Å². The molecule has 0 aromatic rings. The Balaban J connectivity index is 3.71. The number of hydrogen-bond donors (Lipinski definition) is 1. The fourth-order valence-corrected chi connectivity index (χ4v) is 2.05. The Labute approximate surface area is 110 Å². The van der Waals surface area contributed by atoms with Crippen LogP contribution in [-0.2, 0) is 0 Å². The van der Waals surface area contributed by atoms with Gasteiger partial charge in [-0.1, -0.05) is 74.9 Å². The molecule has 0 saturated carbocycles. The van der Waals surface area contributed by atoms with Crippen LogP contribution in [-0.4, -0.2) is 12.6 Å². The van der Waals surface area contributed by atoms with Crippen LogP contribution < -0.4 is 5.32 Å². The van der Waals surface area contributed by atoms with E-state index in [-0.39, 0.29) is 0 Å². The van der Waals surface area contributed by atoms with E-state index in [1.165, 1.54) is 51.4 Å². The molecule has 0 aliphatic rings. The van der Waals surface area contributed by atoms with Crippen LogP contribution in [0.1, 0.15) is 65.2 Å². The summed E-state index contributed by atoms with van der Waals surface area (Å²) in [6.45, 7) is 9.31. The van der Waals surface area contributed by atoms with Crippen LogP contribution in [0.3, 0.4) is 0 Å². The predicted molar refractivity (Wildman–Crippen MR) is 78.1 cm³/mol. The Bertz CT molecular complexity index is 158. The van der Waals surface area contributed by atoms with Gasteiger partial charge in [0.2, 0.25) is 0 Å². The second-order valence-electron chi connectivity index (χ2n) is 4.59. The van der Waals surface area contributed by atoms with Crippen molar-refractivity contribution in [3.8, 4) is 0 Å². The van der Waals surface area contributed by atoms with Crippen LogP contribution in [0.25, 0.3) is 0 Å². The third-order valence-electron chi connectivity index (χ3n) is 2.89. The topological polar surface area (TPSA) is 12.0 Å². The van der Waals surface area contributed by atoms with Crippen LogP contribution in [0, 0.1) is 0 Å². The van der Waals surface area contributed by atoms with Crippen LogP contribution in [0.4, 0.5) is 0 Å². The highest BCUT2D eigenvalue weighted by molar-refractivity contribution is 9.11. The SMILES string of the molecule is C=C(Br)CNC(CCCCC)CCCCC. The molecule has 0 radical (unpaired) electrons. The van der Waals surface area contributed by atoms with E-state index in [1.807, 2.05) is 0 Å². The average Bonchev–Trinajstić information content (AvgIpc) is 2.25. The summed E-state index contributed by atoms with van der Waals surface area (Å²) in [5.41, 5.74) is 0. The lowest BCUT2D eigenvalue weighted by Crippen LogP contribution is -2.30. The zero-order chi connectivity index (χ0) is 12.2. The van der Waals surface area contributed by atoms with E-state index >= 15 is 0 Å². The predicted octanol–water partition coefficient (Wildman–Crippen LogP) is 5.01. The standard InChI is InChI=1S/C14H28BrN/c1-4-6-8-10-14(11-9-7-5-2)16-12-13(3)15/h14,16H,3-12H2,1-2H3. The minimum Gasteiger partial charge on any atom is -0.309 e. The van der Waals surface area contributed by atoms with Gasteiger partial charge in [-0.2, -0.15) is 0 Å². The van der Waals surface area contributed by atoms with Crippen molar-refractivity contribution >= 4 is 15.9 Å². The highest BCUT2D eigenvalue weighted by atomic mass is 79.9. The number of rotatable bonds is 11. The van der Waals surface area contributed by atoms with E-state index < -0.39 is 0 Å². The molecule has 0 aliphatic heterocycles. The van der Waals surface area contributed by atoms with Gasteiger partial charge >= 0.3 is 0 Å². The summed E-state index contributed by atoms with van der Waals surface area (Å²) in [6, 6.07) is 0.687. The highest BCUT2D eigenvalue weighted by Gasteiger charge is 2.07. The molecule has 0 bridgehead atoms. The molecule has 1 N–H and O–H groups in total. The molecule has 0 unspecified atom stereocenters. The fourth-order valence-electron chi connectivity index (χ4n) is 1.89. The van der Waals surface area contributed by atoms with Crippen molar-refractivity contribution in [3.05, 3.63) is 11.1 Å². The smallest absolute Gasteiger partial charge is 0.0268 e. The molecular weight excluding hydrogens is 262 g/mol. The molecule has 0 amide bonds. The first-order valence-corrected chi connectivity index (χ1v) is 7.56. The van der Waals surface area contributed by atoms with Crippen LogP contribution >= 0.6 is 15.9 Å². The molecule has 0 fully saturated rings. The summed E-state index contributed by atoms with van der Waals surface area (Å²) in [7, 11) is 0. The van der Waals surface area contributed by atoms with Gasteiger partial charge in [0.25, 0.3) is 0 Å². The number of halogens is 1. The van der Waals surface area contributed by atoms with Gasteiger partial charge < -0.3 is 5.32 Å². The van der Waals surface area contributed by atoms with E-state index in [2.05, 4.69) is 41.7 Å². The van der Waals surface area contributed by atoms with Crippen molar-refractivity contribution in [2.45, 2.75) is 71.3 Å². The Kier molecular flexibility index (Phi) is 11.8. The van der Waals surface area contributed by atoms with Crippen molar-refractivity contribution < 1.29 is 0 Å². The summed E-state index contributed by atoms with van der Waals surface area (Å²) < 4.78 is 1.06. The van der Waals surface area contributed by atoms with Gasteiger partial charge in [-0.15, -0.1) is 0 Å². The quantitative estimate of drug-likeness (QED) is 0.527. The molecule has 0 aliphatic carbocycles. The Hall–Kier alpha value is 0.180. The highest BCUT2D eigenvalue weighted by Crippen LogP contribution is 2.11. The molecule has 16 heavy (non-hydrogen) atoms. The minimum absolute atomic E-state index is 0.687. The summed E-state index contributed by atoms with van der Waals surface area (Å²) in [5.74, 6) is 0. The Morgan fingerprint density at radius 1 is 1.06 bits per heavy atom. The first-order chi connectivity index (χ1) is 7.70. The molecule has 0 aromatic heterocycles. The second-order valence-corrected chi connectivity index (χ2v) is 5.71. The zero-order valence-electron chi connectivity index (χ0n) is 11.0. The number of hydrogen-bond acceptors (Lipinski definition) is 1. The molecular formula is C14H28BrN. The third-order valence-corrected chi connectivity index (χ3v) is 3.18. The molecule has 0 atom stereocenters. The number of nitrogens with one attached hydrogen (secondary N) is 1. The van der Waals surface area contributed by atoms with E-state index in [1.54, 1.807) is 0 Å². The molecule has 0 aromatic carbocycles. The first-order valence-electron chi connectivity index (χ1n) is 6.77. The Morgan fingerprint density at radius 3 is 1.94 bits per heavy atom. The van der Waals surface area contributed by atoms with Crippen LogP contribution in [0.2, 0.25) is 0 Å². The van der Waals surface area contributed by atoms with Crippen molar-refractivity contribution in [1.82, 2.24) is 5.32 Å². The fraction of sp³-hybridized carbons (Fsp3) is 0.857. The lowest BCUT2D eigenvalue weighted by Gasteiger charge is -2.18. The molecule has 0 saturated heterocycles. The average molecular weight is 290 g/mol. The van der Waals surface area contributed by atoms with Crippen molar-refractivity contribution in [3.63, 3.8) is 0 Å². The van der Waals surface area contributed by atoms with Crippen LogP contribution in [0.5, 0.6) is 0 Å². The summed E-state index contributed by atoms with van der Waals surface area (Å²) >= 11 is 3.41. The van der Waals surface area contributed by atoms with Crippen molar-refractivity contribution in [2.24, 2.45) is 0 Å². The van der Waals surface area contributed by atoms with E-state index in [0.29, 0.717) is 6.04 Å². The lowest BCUT2D eigenvalue weighted by molar-refractivity contribution is 0.433. The van der Waals surface area contributed by atoms with E-state index in [9.17, 15) is 0 Å². The molecule has 2 heteroatoms. The lowest BCUT2D eigenvalue weighted by atomic mass is 10.0. The first kappa shape index (κ1) is 16.2. The van der Waals surface area contributed by atoms with E-state index in [0.717, 1.165) is 11.0 Å². The van der Waals surface area contributed by atoms with E-state index in [4.69, 9.17) is 0 Å². The minimum atomic E-state index is 0.687. The number of unbranched alkanes of at least 4 members (excludes halogenated alkanes) is 4. The summed E-state index contributed by atoms with van der Waals surface area (Å²) in [4.78, 5) is 0. The van der Waals surface area contributed by atoms with Gasteiger partial charge in [-0.3, -0.25) is 0 Å². The van der Waals surface area contributed by atoms with Crippen LogP contribution in [0.15, 0.2) is 11.1 Å². The molecule has 1 nitrogen and oxygen atoms in total. The maximum absolute atomic E-state index is 3.87. The second kappa shape index (κ2) is 11.7. The molecule has 0 spiro atoms. The van der Waals surface area contributed by atoms with Gasteiger partial charge in [-0.25, -0.2) is 0 Å². The third kappa shape index (κ3) is 10.7. The monoisotopic (exact) mass is 289 g/mol. The normalized spacial score (nSPS) is 11.0. The van der Waals surface area contributed by atoms with Gasteiger partial charge in [-0.05, 0) is 12.8 Å². The Morgan fingerprint density at radius 2 is 1.56 bits per heavy atom. The maximum atomic E-state index is 3.87. The molecule has 0 heterocycles. The maximum Gasteiger partial charge on any atom is 0.0268 e.